The average molecular weight is 205 g/mol. The first kappa shape index (κ1) is 10.7. The summed E-state index contributed by atoms with van der Waals surface area (Å²) in [6, 6.07) is 1.34. The zero-order chi connectivity index (χ0) is 11.3. The van der Waals surface area contributed by atoms with Crippen molar-refractivity contribution in [2.24, 2.45) is 0 Å². The Balaban J connectivity index is 3.23. The minimum Gasteiger partial charge on any atom is -0.465 e. The minimum absolute atomic E-state index is 0.0323. The molecule has 0 radical (unpaired) electrons. The predicted octanol–water partition coefficient (Wildman–Crippen LogP) is 0.351. The summed E-state index contributed by atoms with van der Waals surface area (Å²) >= 11 is 0. The molecule has 0 unspecified atom stereocenters. The molecule has 0 spiro atoms. The highest BCUT2D eigenvalue weighted by molar-refractivity contribution is 6.35. The van der Waals surface area contributed by atoms with Gasteiger partial charge >= 0.3 is 12.2 Å². The number of ether oxygens (including phenoxy) is 1. The third-order valence-corrected chi connectivity index (χ3v) is 1.67. The fourth-order valence-corrected chi connectivity index (χ4v) is 1.00. The van der Waals surface area contributed by atoms with E-state index < -0.39 is 11.8 Å². The van der Waals surface area contributed by atoms with Crippen LogP contribution in [0.5, 0.6) is 0 Å². The van der Waals surface area contributed by atoms with Crippen LogP contribution in [-0.4, -0.2) is 34.9 Å². The number of hydrogen-bond acceptors (Lipinski definition) is 4. The maximum atomic E-state index is 11.3. The zero-order valence-electron chi connectivity index (χ0n) is 7.88. The molecule has 0 aliphatic heterocycles. The number of hydrogen-bond donors (Lipinski definition) is 0. The molecule has 15 heavy (non-hydrogen) atoms. The maximum Gasteiger partial charge on any atom is 0.340 e. The molecule has 0 atom stereocenters. The average Bonchev–Trinajstić information content (AvgIpc) is 2.28. The van der Waals surface area contributed by atoms with Crippen LogP contribution in [0.25, 0.3) is 5.53 Å². The van der Waals surface area contributed by atoms with Gasteiger partial charge in [-0.2, -0.15) is 4.79 Å². The molecule has 76 valence electrons. The van der Waals surface area contributed by atoms with Crippen LogP contribution in [0.1, 0.15) is 20.7 Å². The van der Waals surface area contributed by atoms with Gasteiger partial charge in [0.25, 0.3) is 5.78 Å². The Morgan fingerprint density at radius 2 is 2.27 bits per heavy atom. The monoisotopic (exact) mass is 205 g/mol. The lowest BCUT2D eigenvalue weighted by molar-refractivity contribution is 0.00234. The summed E-state index contributed by atoms with van der Waals surface area (Å²) in [5.74, 6) is -1.27. The van der Waals surface area contributed by atoms with E-state index in [2.05, 4.69) is 14.5 Å². The molecule has 0 aromatic carbocycles. The van der Waals surface area contributed by atoms with Gasteiger partial charge in [-0.1, -0.05) is 0 Å². The summed E-state index contributed by atoms with van der Waals surface area (Å²) in [6.45, 7) is 0. The number of Topliss-reactive ketones (excluding diaryl/α,β-unsaturated/α-hetero) is 1. The largest absolute Gasteiger partial charge is 0.465 e. The topological polar surface area (TPSA) is 92.7 Å². The van der Waals surface area contributed by atoms with Gasteiger partial charge in [0.15, 0.2) is 0 Å². The standard InChI is InChI=1S/C9H7N3O3/c1-15-9(14)7-4-11-3-2-6(7)8(13)5-12-10/h2-5H,1H3. The van der Waals surface area contributed by atoms with E-state index in [4.69, 9.17) is 5.53 Å². The van der Waals surface area contributed by atoms with Crippen molar-refractivity contribution >= 4 is 18.0 Å². The lowest BCUT2D eigenvalue weighted by Gasteiger charge is -2.01. The van der Waals surface area contributed by atoms with Crippen molar-refractivity contribution < 1.29 is 19.1 Å². The normalized spacial score (nSPS) is 8.87. The number of carbonyl (C=O) groups is 2. The molecule has 1 heterocycles. The van der Waals surface area contributed by atoms with Gasteiger partial charge in [-0.25, -0.2) is 4.79 Å². The van der Waals surface area contributed by atoms with Crippen molar-refractivity contribution in [1.82, 2.24) is 4.98 Å². The molecule has 1 aromatic rings. The fourth-order valence-electron chi connectivity index (χ4n) is 1.00. The number of ketones is 1. The number of rotatable bonds is 3. The van der Waals surface area contributed by atoms with Crippen molar-refractivity contribution in [2.75, 3.05) is 7.11 Å². The van der Waals surface area contributed by atoms with Gasteiger partial charge in [-0.3, -0.25) is 9.78 Å². The van der Waals surface area contributed by atoms with Crippen LogP contribution in [0.15, 0.2) is 18.5 Å². The fraction of sp³-hybridized carbons (Fsp3) is 0.111. The van der Waals surface area contributed by atoms with Crippen LogP contribution < -0.4 is 0 Å². The summed E-state index contributed by atoms with van der Waals surface area (Å²) in [6.07, 6.45) is 3.26. The van der Waals surface area contributed by atoms with E-state index in [9.17, 15) is 9.59 Å². The van der Waals surface area contributed by atoms with Crippen molar-refractivity contribution in [3.63, 3.8) is 0 Å². The highest BCUT2D eigenvalue weighted by atomic mass is 16.5. The second-order valence-electron chi connectivity index (χ2n) is 2.52. The number of aromatic nitrogens is 1. The van der Waals surface area contributed by atoms with Gasteiger partial charge in [0.2, 0.25) is 0 Å². The Morgan fingerprint density at radius 3 is 2.87 bits per heavy atom. The number of esters is 1. The Hall–Kier alpha value is -2.33. The quantitative estimate of drug-likeness (QED) is 0.234. The van der Waals surface area contributed by atoms with E-state index in [1.54, 1.807) is 0 Å². The number of pyridine rings is 1. The molecule has 1 aromatic heterocycles. The van der Waals surface area contributed by atoms with E-state index in [1.165, 1.54) is 25.6 Å². The first-order valence-electron chi connectivity index (χ1n) is 3.94. The first-order valence-corrected chi connectivity index (χ1v) is 3.94. The van der Waals surface area contributed by atoms with Gasteiger partial charge < -0.3 is 10.3 Å². The molecule has 0 fully saturated rings. The molecular formula is C9H7N3O3. The van der Waals surface area contributed by atoms with Crippen molar-refractivity contribution in [3.05, 3.63) is 35.1 Å². The lowest BCUT2D eigenvalue weighted by atomic mass is 10.1. The predicted molar refractivity (Wildman–Crippen MR) is 49.6 cm³/mol. The van der Waals surface area contributed by atoms with Crippen molar-refractivity contribution in [2.45, 2.75) is 0 Å². The van der Waals surface area contributed by atoms with Crippen LogP contribution in [-0.2, 0) is 4.74 Å². The van der Waals surface area contributed by atoms with E-state index in [-0.39, 0.29) is 11.1 Å². The molecule has 0 amide bonds. The Kier molecular flexibility index (Phi) is 3.43. The summed E-state index contributed by atoms with van der Waals surface area (Å²) in [7, 11) is 1.20. The molecule has 6 nitrogen and oxygen atoms in total. The van der Waals surface area contributed by atoms with Gasteiger partial charge in [-0.05, 0) is 6.07 Å². The van der Waals surface area contributed by atoms with Gasteiger partial charge in [0, 0.05) is 18.0 Å². The molecule has 0 N–H and O–H groups in total. The Bertz CT molecular complexity index is 450. The van der Waals surface area contributed by atoms with Crippen molar-refractivity contribution in [3.8, 4) is 0 Å². The zero-order valence-corrected chi connectivity index (χ0v) is 7.88. The van der Waals surface area contributed by atoms with Crippen LogP contribution >= 0.6 is 0 Å². The van der Waals surface area contributed by atoms with Gasteiger partial charge in [0.05, 0.1) is 12.7 Å². The van der Waals surface area contributed by atoms with E-state index in [1.807, 2.05) is 0 Å². The Labute approximate surface area is 85.1 Å². The Morgan fingerprint density at radius 1 is 1.53 bits per heavy atom. The lowest BCUT2D eigenvalue weighted by Crippen LogP contribution is -2.11. The molecule has 0 aliphatic rings. The smallest absolute Gasteiger partial charge is 0.340 e. The number of methoxy groups -OCH3 is 1. The van der Waals surface area contributed by atoms with Crippen LogP contribution in [0.2, 0.25) is 0 Å². The number of nitrogens with zero attached hydrogens (tertiary/aromatic N) is 3. The summed E-state index contributed by atoms with van der Waals surface area (Å²) in [5, 5.41) is 0. The summed E-state index contributed by atoms with van der Waals surface area (Å²) < 4.78 is 4.47. The number of carbonyl (C=O) groups excluding carboxylic acids is 2. The van der Waals surface area contributed by atoms with Gasteiger partial charge in [0.1, 0.15) is 0 Å². The van der Waals surface area contributed by atoms with Crippen LogP contribution in [0.3, 0.4) is 0 Å². The molecule has 6 heteroatoms. The summed E-state index contributed by atoms with van der Waals surface area (Å²) in [4.78, 5) is 28.9. The summed E-state index contributed by atoms with van der Waals surface area (Å²) in [5.41, 5.74) is 8.31. The molecule has 0 saturated carbocycles. The van der Waals surface area contributed by atoms with E-state index in [0.717, 1.165) is 0 Å². The first-order chi connectivity index (χ1) is 7.20. The highest BCUT2D eigenvalue weighted by Gasteiger charge is 2.18. The minimum atomic E-state index is -0.669. The second kappa shape index (κ2) is 4.78. The molecule has 0 saturated heterocycles. The highest BCUT2D eigenvalue weighted by Crippen LogP contribution is 2.08. The molecule has 1 rings (SSSR count). The maximum absolute atomic E-state index is 11.3. The third kappa shape index (κ3) is 2.32. The van der Waals surface area contributed by atoms with Gasteiger partial charge in [-0.15, -0.1) is 0 Å². The molecule has 0 bridgehead atoms. The molecule has 0 aliphatic carbocycles. The third-order valence-electron chi connectivity index (χ3n) is 1.67. The van der Waals surface area contributed by atoms with Crippen molar-refractivity contribution in [1.29, 1.82) is 0 Å². The second-order valence-corrected chi connectivity index (χ2v) is 2.52. The SMILES string of the molecule is COC(=O)c1cnccc1C(=O)C=[N+]=[N-]. The molecular weight excluding hydrogens is 198 g/mol. The van der Waals surface area contributed by atoms with Crippen LogP contribution in [0.4, 0.5) is 0 Å². The van der Waals surface area contributed by atoms with E-state index >= 15 is 0 Å². The van der Waals surface area contributed by atoms with E-state index in [0.29, 0.717) is 6.21 Å². The van der Waals surface area contributed by atoms with Crippen LogP contribution in [0, 0.1) is 0 Å².